The number of aryl methyl sites for hydroxylation is 1. The molecular formula is C14H14O3S. The van der Waals surface area contributed by atoms with Crippen molar-refractivity contribution in [1.29, 1.82) is 0 Å². The monoisotopic (exact) mass is 262 g/mol. The number of Topliss-reactive ketones (excluding diaryl/α,β-unsaturated/α-hetero) is 1. The van der Waals surface area contributed by atoms with E-state index in [1.165, 1.54) is 11.3 Å². The average Bonchev–Trinajstić information content (AvgIpc) is 2.90. The van der Waals surface area contributed by atoms with Crippen LogP contribution in [0.3, 0.4) is 0 Å². The third-order valence-corrected chi connectivity index (χ3v) is 3.38. The summed E-state index contributed by atoms with van der Waals surface area (Å²) in [5.74, 6) is 1.22. The minimum Gasteiger partial charge on any atom is -0.493 e. The molecule has 18 heavy (non-hydrogen) atoms. The molecule has 0 aliphatic heterocycles. The molecule has 2 aromatic rings. The molecular weight excluding hydrogens is 248 g/mol. The van der Waals surface area contributed by atoms with E-state index in [0.717, 1.165) is 5.56 Å². The van der Waals surface area contributed by atoms with Crippen LogP contribution in [0.4, 0.5) is 0 Å². The molecule has 0 fully saturated rings. The van der Waals surface area contributed by atoms with Gasteiger partial charge in [-0.1, -0.05) is 12.1 Å². The summed E-state index contributed by atoms with van der Waals surface area (Å²) in [4.78, 5) is 12.5. The molecule has 4 heteroatoms. The largest absolute Gasteiger partial charge is 0.493 e. The zero-order valence-electron chi connectivity index (χ0n) is 10.3. The summed E-state index contributed by atoms with van der Waals surface area (Å²) in [6.07, 6.45) is 0. The van der Waals surface area contributed by atoms with E-state index in [1.54, 1.807) is 13.2 Å². The molecule has 94 valence electrons. The van der Waals surface area contributed by atoms with Crippen molar-refractivity contribution in [3.8, 4) is 11.5 Å². The summed E-state index contributed by atoms with van der Waals surface area (Å²) < 4.78 is 10.7. The highest BCUT2D eigenvalue weighted by atomic mass is 32.1. The summed E-state index contributed by atoms with van der Waals surface area (Å²) in [7, 11) is 1.59. The van der Waals surface area contributed by atoms with Crippen LogP contribution in [0.15, 0.2) is 35.7 Å². The van der Waals surface area contributed by atoms with Crippen LogP contribution in [0.1, 0.15) is 15.2 Å². The third-order valence-electron chi connectivity index (χ3n) is 2.47. The molecule has 0 bridgehead atoms. The maximum atomic E-state index is 11.8. The highest BCUT2D eigenvalue weighted by molar-refractivity contribution is 7.12. The molecule has 0 radical (unpaired) electrons. The number of rotatable bonds is 5. The first-order valence-corrected chi connectivity index (χ1v) is 6.43. The molecule has 1 heterocycles. The molecule has 0 aliphatic carbocycles. The second-order valence-electron chi connectivity index (χ2n) is 3.84. The van der Waals surface area contributed by atoms with Crippen LogP contribution in [-0.2, 0) is 0 Å². The van der Waals surface area contributed by atoms with Gasteiger partial charge in [-0.2, -0.15) is 0 Å². The standard InChI is InChI=1S/C14H14O3S/c1-10-5-6-12(13(8-10)16-2)17-9-11(15)14-4-3-7-18-14/h3-8H,9H2,1-2H3. The molecule has 0 spiro atoms. The van der Waals surface area contributed by atoms with Crippen LogP contribution in [0.25, 0.3) is 0 Å². The summed E-state index contributed by atoms with van der Waals surface area (Å²) in [6, 6.07) is 9.27. The Bertz CT molecular complexity index is 532. The van der Waals surface area contributed by atoms with Crippen molar-refractivity contribution in [2.75, 3.05) is 13.7 Å². The molecule has 0 saturated heterocycles. The fourth-order valence-electron chi connectivity index (χ4n) is 1.55. The molecule has 0 atom stereocenters. The Balaban J connectivity index is 2.04. The van der Waals surface area contributed by atoms with Gasteiger partial charge in [0.15, 0.2) is 18.1 Å². The van der Waals surface area contributed by atoms with Crippen LogP contribution in [0, 0.1) is 6.92 Å². The van der Waals surface area contributed by atoms with E-state index in [9.17, 15) is 4.79 Å². The van der Waals surface area contributed by atoms with E-state index in [4.69, 9.17) is 9.47 Å². The maximum Gasteiger partial charge on any atom is 0.210 e. The summed E-state index contributed by atoms with van der Waals surface area (Å²) in [5, 5.41) is 1.87. The first-order valence-electron chi connectivity index (χ1n) is 5.55. The van der Waals surface area contributed by atoms with Crippen LogP contribution in [0.5, 0.6) is 11.5 Å². The smallest absolute Gasteiger partial charge is 0.210 e. The van der Waals surface area contributed by atoms with Gasteiger partial charge >= 0.3 is 0 Å². The number of ether oxygens (including phenoxy) is 2. The number of hydrogen-bond acceptors (Lipinski definition) is 4. The lowest BCUT2D eigenvalue weighted by atomic mass is 10.2. The number of methoxy groups -OCH3 is 1. The zero-order valence-corrected chi connectivity index (χ0v) is 11.1. The lowest BCUT2D eigenvalue weighted by Gasteiger charge is -2.10. The van der Waals surface area contributed by atoms with Crippen molar-refractivity contribution in [3.05, 3.63) is 46.2 Å². The second kappa shape index (κ2) is 5.69. The van der Waals surface area contributed by atoms with Gasteiger partial charge in [0, 0.05) is 0 Å². The van der Waals surface area contributed by atoms with E-state index in [0.29, 0.717) is 16.4 Å². The maximum absolute atomic E-state index is 11.8. The molecule has 0 amide bonds. The molecule has 0 aliphatic rings. The first kappa shape index (κ1) is 12.6. The van der Waals surface area contributed by atoms with E-state index in [1.807, 2.05) is 36.6 Å². The normalized spacial score (nSPS) is 10.1. The van der Waals surface area contributed by atoms with Crippen molar-refractivity contribution in [2.24, 2.45) is 0 Å². The fraction of sp³-hybridized carbons (Fsp3) is 0.214. The Morgan fingerprint density at radius 3 is 2.78 bits per heavy atom. The van der Waals surface area contributed by atoms with Gasteiger partial charge in [-0.25, -0.2) is 0 Å². The second-order valence-corrected chi connectivity index (χ2v) is 4.79. The number of hydrogen-bond donors (Lipinski definition) is 0. The number of carbonyl (C=O) groups excluding carboxylic acids is 1. The lowest BCUT2D eigenvalue weighted by Crippen LogP contribution is -2.10. The van der Waals surface area contributed by atoms with Crippen molar-refractivity contribution in [1.82, 2.24) is 0 Å². The third kappa shape index (κ3) is 2.90. The van der Waals surface area contributed by atoms with Gasteiger partial charge in [0.1, 0.15) is 0 Å². The SMILES string of the molecule is COc1cc(C)ccc1OCC(=O)c1cccs1. The number of ketones is 1. The van der Waals surface area contributed by atoms with E-state index < -0.39 is 0 Å². The Morgan fingerprint density at radius 1 is 1.28 bits per heavy atom. The Kier molecular flexibility index (Phi) is 3.99. The average molecular weight is 262 g/mol. The zero-order chi connectivity index (χ0) is 13.0. The molecule has 1 aromatic carbocycles. The highest BCUT2D eigenvalue weighted by Crippen LogP contribution is 2.27. The van der Waals surface area contributed by atoms with Crippen molar-refractivity contribution < 1.29 is 14.3 Å². The predicted molar refractivity (Wildman–Crippen MR) is 71.9 cm³/mol. The number of carbonyl (C=O) groups is 1. The van der Waals surface area contributed by atoms with Crippen molar-refractivity contribution >= 4 is 17.1 Å². The van der Waals surface area contributed by atoms with Crippen LogP contribution in [0.2, 0.25) is 0 Å². The quantitative estimate of drug-likeness (QED) is 0.775. The van der Waals surface area contributed by atoms with Gasteiger partial charge in [-0.15, -0.1) is 11.3 Å². The van der Waals surface area contributed by atoms with Crippen LogP contribution < -0.4 is 9.47 Å². The number of thiophene rings is 1. The molecule has 3 nitrogen and oxygen atoms in total. The van der Waals surface area contributed by atoms with Crippen LogP contribution in [-0.4, -0.2) is 19.5 Å². The minimum atomic E-state index is -0.0207. The molecule has 0 saturated carbocycles. The lowest BCUT2D eigenvalue weighted by molar-refractivity contribution is 0.0923. The van der Waals surface area contributed by atoms with Gasteiger partial charge in [-0.3, -0.25) is 4.79 Å². The van der Waals surface area contributed by atoms with Gasteiger partial charge in [-0.05, 0) is 36.1 Å². The molecule has 2 rings (SSSR count). The van der Waals surface area contributed by atoms with Gasteiger partial charge in [0.05, 0.1) is 12.0 Å². The van der Waals surface area contributed by atoms with Crippen LogP contribution >= 0.6 is 11.3 Å². The summed E-state index contributed by atoms with van der Waals surface area (Å²) >= 11 is 1.42. The first-order chi connectivity index (χ1) is 8.70. The molecule has 0 N–H and O–H groups in total. The Hall–Kier alpha value is -1.81. The summed E-state index contributed by atoms with van der Waals surface area (Å²) in [6.45, 7) is 2.00. The van der Waals surface area contributed by atoms with Gasteiger partial charge < -0.3 is 9.47 Å². The Morgan fingerprint density at radius 2 is 2.11 bits per heavy atom. The molecule has 0 unspecified atom stereocenters. The van der Waals surface area contributed by atoms with E-state index in [-0.39, 0.29) is 12.4 Å². The topological polar surface area (TPSA) is 35.5 Å². The fourth-order valence-corrected chi connectivity index (χ4v) is 2.20. The van der Waals surface area contributed by atoms with Gasteiger partial charge in [0.2, 0.25) is 5.78 Å². The summed E-state index contributed by atoms with van der Waals surface area (Å²) in [5.41, 5.74) is 1.09. The van der Waals surface area contributed by atoms with Crippen molar-refractivity contribution in [2.45, 2.75) is 6.92 Å². The van der Waals surface area contributed by atoms with Crippen molar-refractivity contribution in [3.63, 3.8) is 0 Å². The molecule has 1 aromatic heterocycles. The van der Waals surface area contributed by atoms with E-state index in [2.05, 4.69) is 0 Å². The number of benzene rings is 1. The minimum absolute atomic E-state index is 0.0207. The van der Waals surface area contributed by atoms with E-state index >= 15 is 0 Å². The predicted octanol–water partition coefficient (Wildman–Crippen LogP) is 3.33. The Labute approximate surface area is 110 Å². The van der Waals surface area contributed by atoms with Gasteiger partial charge in [0.25, 0.3) is 0 Å². The highest BCUT2D eigenvalue weighted by Gasteiger charge is 2.10.